The normalized spacial score (nSPS) is 12.0. The van der Waals surface area contributed by atoms with Crippen LogP contribution in [0.25, 0.3) is 0 Å². The summed E-state index contributed by atoms with van der Waals surface area (Å²) in [5, 5.41) is -0.403. The number of ketones is 1. The van der Waals surface area contributed by atoms with Gasteiger partial charge >= 0.3 is 11.9 Å². The zero-order chi connectivity index (χ0) is 29.8. The first kappa shape index (κ1) is 31.0. The van der Waals surface area contributed by atoms with Crippen molar-refractivity contribution in [1.82, 2.24) is 4.98 Å². The van der Waals surface area contributed by atoms with Gasteiger partial charge in [-0.1, -0.05) is 23.2 Å². The summed E-state index contributed by atoms with van der Waals surface area (Å²) >= 11 is 12.4. The van der Waals surface area contributed by atoms with E-state index in [4.69, 9.17) is 37.4 Å². The molecule has 2 N–H and O–H groups in total. The molecule has 0 aliphatic carbocycles. The van der Waals surface area contributed by atoms with E-state index < -0.39 is 38.7 Å². The van der Waals surface area contributed by atoms with Gasteiger partial charge in [-0.25, -0.2) is 18.0 Å². The number of aromatic amines is 1. The van der Waals surface area contributed by atoms with Crippen molar-refractivity contribution >= 4 is 56.6 Å². The Morgan fingerprint density at radius 2 is 1.62 bits per heavy atom. The van der Waals surface area contributed by atoms with E-state index in [9.17, 15) is 22.8 Å². The highest BCUT2D eigenvalue weighted by molar-refractivity contribution is 7.92. The molecule has 0 spiro atoms. The standard InChI is InChI=1S/C27H28Cl2N2O8S/c1-6-37-18-10-8-17(9-11-18)31-40(35,36)22-12-19(20(28)13-21(22)29)26(33)39-16(5)25(32)24-14(3)23(15(4)30-24)27(34)38-7-2/h8-13,16,30-31H,6-7H2,1-5H3/t16-/m0/s1. The summed E-state index contributed by atoms with van der Waals surface area (Å²) in [4.78, 5) is 40.8. The van der Waals surface area contributed by atoms with E-state index in [1.165, 1.54) is 19.1 Å². The van der Waals surface area contributed by atoms with Crippen molar-refractivity contribution in [2.24, 2.45) is 0 Å². The number of anilines is 1. The highest BCUT2D eigenvalue weighted by Gasteiger charge is 2.29. The number of Topliss-reactive ketones (excluding diaryl/α,β-unsaturated/α-hetero) is 1. The van der Waals surface area contributed by atoms with Crippen LogP contribution in [0, 0.1) is 13.8 Å². The second kappa shape index (κ2) is 12.8. The Kier molecular flexibility index (Phi) is 9.88. The van der Waals surface area contributed by atoms with Crippen molar-refractivity contribution in [3.05, 3.63) is 74.5 Å². The zero-order valence-electron chi connectivity index (χ0n) is 22.4. The lowest BCUT2D eigenvalue weighted by Gasteiger charge is -2.15. The topological polar surface area (TPSA) is 141 Å². The number of nitrogens with one attached hydrogen (secondary N) is 2. The fourth-order valence-electron chi connectivity index (χ4n) is 3.87. The predicted octanol–water partition coefficient (Wildman–Crippen LogP) is 5.74. The van der Waals surface area contributed by atoms with Gasteiger partial charge in [-0.3, -0.25) is 9.52 Å². The van der Waals surface area contributed by atoms with Crippen LogP contribution in [0.5, 0.6) is 5.75 Å². The number of rotatable bonds is 11. The number of carbonyl (C=O) groups excluding carboxylic acids is 3. The molecule has 0 unspecified atom stereocenters. The summed E-state index contributed by atoms with van der Waals surface area (Å²) in [7, 11) is -4.26. The van der Waals surface area contributed by atoms with E-state index >= 15 is 0 Å². The molecule has 0 saturated carbocycles. The minimum atomic E-state index is -4.26. The largest absolute Gasteiger partial charge is 0.494 e. The van der Waals surface area contributed by atoms with Gasteiger partial charge in [0.05, 0.1) is 40.1 Å². The maximum Gasteiger partial charge on any atom is 0.340 e. The van der Waals surface area contributed by atoms with Gasteiger partial charge in [-0.05, 0) is 76.6 Å². The van der Waals surface area contributed by atoms with Gasteiger partial charge in [-0.15, -0.1) is 0 Å². The SMILES string of the molecule is CCOC(=O)c1c(C)[nH]c(C(=O)[C@H](C)OC(=O)c2cc(S(=O)(=O)Nc3ccc(OCC)cc3)c(Cl)cc2Cl)c1C. The van der Waals surface area contributed by atoms with Crippen molar-refractivity contribution < 1.29 is 37.0 Å². The van der Waals surface area contributed by atoms with Crippen LogP contribution >= 0.6 is 23.2 Å². The van der Waals surface area contributed by atoms with Gasteiger partial charge in [0.2, 0.25) is 5.78 Å². The van der Waals surface area contributed by atoms with Crippen LogP contribution in [0.15, 0.2) is 41.3 Å². The highest BCUT2D eigenvalue weighted by Crippen LogP contribution is 2.31. The van der Waals surface area contributed by atoms with Gasteiger partial charge in [0, 0.05) is 11.4 Å². The lowest BCUT2D eigenvalue weighted by atomic mass is 10.1. The number of aryl methyl sites for hydroxylation is 1. The number of halogens is 2. The Balaban J connectivity index is 1.84. The number of sulfonamides is 1. The van der Waals surface area contributed by atoms with E-state index in [1.54, 1.807) is 32.9 Å². The van der Waals surface area contributed by atoms with Crippen LogP contribution in [-0.2, 0) is 19.5 Å². The number of H-pyrrole nitrogens is 1. The summed E-state index contributed by atoms with van der Waals surface area (Å²) in [6, 6.07) is 8.27. The molecule has 0 bridgehead atoms. The van der Waals surface area contributed by atoms with Gasteiger partial charge in [0.15, 0.2) is 6.10 Å². The number of aromatic nitrogens is 1. The molecule has 1 atom stereocenters. The number of ether oxygens (including phenoxy) is 3. The Labute approximate surface area is 242 Å². The summed E-state index contributed by atoms with van der Waals surface area (Å²) in [6.45, 7) is 8.63. The average Bonchev–Trinajstić information content (AvgIpc) is 3.18. The molecule has 2 aromatic carbocycles. The first-order valence-electron chi connectivity index (χ1n) is 12.2. The Hall–Kier alpha value is -3.54. The monoisotopic (exact) mass is 610 g/mol. The second-order valence-electron chi connectivity index (χ2n) is 8.58. The van der Waals surface area contributed by atoms with Gasteiger partial charge in [-0.2, -0.15) is 0 Å². The maximum atomic E-state index is 13.1. The third-order valence-corrected chi connectivity index (χ3v) is 7.92. The van der Waals surface area contributed by atoms with Crippen molar-refractivity contribution in [2.75, 3.05) is 17.9 Å². The molecule has 1 aromatic heterocycles. The van der Waals surface area contributed by atoms with Crippen LogP contribution in [-0.4, -0.2) is 50.4 Å². The van der Waals surface area contributed by atoms with E-state index in [0.717, 1.165) is 12.1 Å². The second-order valence-corrected chi connectivity index (χ2v) is 11.0. The first-order chi connectivity index (χ1) is 18.8. The number of hydrogen-bond donors (Lipinski definition) is 2. The molecular weight excluding hydrogens is 583 g/mol. The average molecular weight is 612 g/mol. The van der Waals surface area contributed by atoms with Gasteiger partial charge in [0.25, 0.3) is 10.0 Å². The smallest absolute Gasteiger partial charge is 0.340 e. The molecule has 0 saturated heterocycles. The number of benzene rings is 2. The van der Waals surface area contributed by atoms with Crippen LogP contribution < -0.4 is 9.46 Å². The maximum absolute atomic E-state index is 13.1. The van der Waals surface area contributed by atoms with Crippen molar-refractivity contribution in [2.45, 2.75) is 45.6 Å². The quantitative estimate of drug-likeness (QED) is 0.207. The summed E-state index contributed by atoms with van der Waals surface area (Å²) in [5.41, 5.74) is 0.988. The summed E-state index contributed by atoms with van der Waals surface area (Å²) in [5.74, 6) is -1.69. The molecule has 0 radical (unpaired) electrons. The third-order valence-electron chi connectivity index (χ3n) is 5.77. The van der Waals surface area contributed by atoms with Gasteiger partial charge < -0.3 is 19.2 Å². The van der Waals surface area contributed by atoms with E-state index in [2.05, 4.69) is 9.71 Å². The van der Waals surface area contributed by atoms with E-state index in [1.807, 2.05) is 6.92 Å². The Morgan fingerprint density at radius 1 is 0.975 bits per heavy atom. The minimum Gasteiger partial charge on any atom is -0.494 e. The van der Waals surface area contributed by atoms with Gasteiger partial charge in [0.1, 0.15) is 10.6 Å². The first-order valence-corrected chi connectivity index (χ1v) is 14.4. The van der Waals surface area contributed by atoms with Crippen molar-refractivity contribution in [3.63, 3.8) is 0 Å². The molecule has 3 rings (SSSR count). The summed E-state index contributed by atoms with van der Waals surface area (Å²) in [6.07, 6.45) is -1.31. The van der Waals surface area contributed by atoms with Crippen LogP contribution in [0.1, 0.15) is 63.2 Å². The summed E-state index contributed by atoms with van der Waals surface area (Å²) < 4.78 is 44.3. The predicted molar refractivity (Wildman–Crippen MR) is 150 cm³/mol. The molecular formula is C27H28Cl2N2O8S. The van der Waals surface area contributed by atoms with E-state index in [0.29, 0.717) is 23.6 Å². The molecule has 1 heterocycles. The molecule has 0 aliphatic rings. The zero-order valence-corrected chi connectivity index (χ0v) is 24.7. The molecule has 10 nitrogen and oxygen atoms in total. The highest BCUT2D eigenvalue weighted by atomic mass is 35.5. The number of carbonyl (C=O) groups is 3. The number of hydrogen-bond acceptors (Lipinski definition) is 8. The molecule has 0 aliphatic heterocycles. The van der Waals surface area contributed by atoms with Crippen LogP contribution in [0.4, 0.5) is 5.69 Å². The van der Waals surface area contributed by atoms with Crippen molar-refractivity contribution in [3.8, 4) is 5.75 Å². The molecule has 13 heteroatoms. The lowest BCUT2D eigenvalue weighted by molar-refractivity contribution is 0.0316. The Bertz CT molecular complexity index is 1550. The minimum absolute atomic E-state index is 0.0749. The fraction of sp³-hybridized carbons (Fsp3) is 0.296. The lowest BCUT2D eigenvalue weighted by Crippen LogP contribution is -2.26. The third kappa shape index (κ3) is 6.78. The fourth-order valence-corrected chi connectivity index (χ4v) is 5.78. The molecule has 0 amide bonds. The molecule has 214 valence electrons. The number of esters is 2. The van der Waals surface area contributed by atoms with Crippen LogP contribution in [0.3, 0.4) is 0 Å². The molecule has 0 fully saturated rings. The molecule has 40 heavy (non-hydrogen) atoms. The molecule has 3 aromatic rings. The van der Waals surface area contributed by atoms with E-state index in [-0.39, 0.29) is 39.2 Å². The Morgan fingerprint density at radius 3 is 2.23 bits per heavy atom. The van der Waals surface area contributed by atoms with Crippen molar-refractivity contribution in [1.29, 1.82) is 0 Å². The van der Waals surface area contributed by atoms with Crippen LogP contribution in [0.2, 0.25) is 10.0 Å².